The van der Waals surface area contributed by atoms with Crippen molar-refractivity contribution in [3.8, 4) is 0 Å². The largest absolute Gasteiger partial charge is 0.341 e. The number of nitrogens with zero attached hydrogens (tertiary/aromatic N) is 1. The maximum atomic E-state index is 12.4. The summed E-state index contributed by atoms with van der Waals surface area (Å²) in [6, 6.07) is 23.1. The number of benzene rings is 3. The van der Waals surface area contributed by atoms with Crippen LogP contribution < -0.4 is 5.32 Å². The van der Waals surface area contributed by atoms with Crippen molar-refractivity contribution in [3.63, 3.8) is 0 Å². The molecule has 0 unspecified atom stereocenters. The zero-order chi connectivity index (χ0) is 19.5. The van der Waals surface area contributed by atoms with Gasteiger partial charge in [-0.15, -0.1) is 11.8 Å². The molecule has 4 heteroatoms. The predicted octanol–water partition coefficient (Wildman–Crippen LogP) is 5.99. The number of para-hydroxylation sites is 1. The maximum Gasteiger partial charge on any atom is 0.234 e. The van der Waals surface area contributed by atoms with Gasteiger partial charge < -0.3 is 9.88 Å². The summed E-state index contributed by atoms with van der Waals surface area (Å²) in [4.78, 5) is 12.4. The normalized spacial score (nSPS) is 11.2. The molecule has 0 radical (unpaired) electrons. The highest BCUT2D eigenvalue weighted by atomic mass is 32.2. The second kappa shape index (κ2) is 8.11. The van der Waals surface area contributed by atoms with Crippen molar-refractivity contribution in [1.29, 1.82) is 0 Å². The molecule has 0 aliphatic rings. The number of aryl methyl sites for hydroxylation is 2. The third kappa shape index (κ3) is 3.78. The number of carbonyl (C=O) groups is 1. The molecular formula is C24H24N2OS. The minimum absolute atomic E-state index is 0.0382. The molecule has 0 spiro atoms. The first-order chi connectivity index (χ1) is 13.7. The zero-order valence-electron chi connectivity index (χ0n) is 16.2. The van der Waals surface area contributed by atoms with E-state index >= 15 is 0 Å². The maximum absolute atomic E-state index is 12.4. The highest BCUT2D eigenvalue weighted by molar-refractivity contribution is 7.99. The number of anilines is 1. The van der Waals surface area contributed by atoms with E-state index in [1.165, 1.54) is 32.9 Å². The van der Waals surface area contributed by atoms with E-state index in [1.54, 1.807) is 11.8 Å². The third-order valence-corrected chi connectivity index (χ3v) is 5.96. The smallest absolute Gasteiger partial charge is 0.234 e. The van der Waals surface area contributed by atoms with Gasteiger partial charge in [-0.05, 0) is 43.7 Å². The average molecular weight is 389 g/mol. The molecule has 1 N–H and O–H groups in total. The summed E-state index contributed by atoms with van der Waals surface area (Å²) in [5, 5.41) is 5.46. The van der Waals surface area contributed by atoms with E-state index in [-0.39, 0.29) is 5.91 Å². The molecule has 4 aromatic rings. The molecule has 28 heavy (non-hydrogen) atoms. The molecule has 0 aliphatic heterocycles. The minimum Gasteiger partial charge on any atom is -0.341 e. The van der Waals surface area contributed by atoms with Gasteiger partial charge in [0.1, 0.15) is 0 Å². The highest BCUT2D eigenvalue weighted by Gasteiger charge is 2.11. The Morgan fingerprint density at radius 1 is 0.964 bits per heavy atom. The van der Waals surface area contributed by atoms with E-state index < -0.39 is 0 Å². The zero-order valence-corrected chi connectivity index (χ0v) is 17.1. The Bertz CT molecular complexity index is 1150. The summed E-state index contributed by atoms with van der Waals surface area (Å²) >= 11 is 1.64. The third-order valence-electron chi connectivity index (χ3n) is 4.96. The molecule has 0 saturated heterocycles. The summed E-state index contributed by atoms with van der Waals surface area (Å²) < 4.78 is 2.31. The lowest BCUT2D eigenvalue weighted by molar-refractivity contribution is -0.113. The summed E-state index contributed by atoms with van der Waals surface area (Å²) in [5.74, 6) is 1.33. The second-order valence-corrected chi connectivity index (χ2v) is 8.01. The Morgan fingerprint density at radius 2 is 1.79 bits per heavy atom. The second-order valence-electron chi connectivity index (χ2n) is 7.02. The lowest BCUT2D eigenvalue weighted by atomic mass is 10.1. The Balaban J connectivity index is 1.47. The monoisotopic (exact) mass is 388 g/mol. The van der Waals surface area contributed by atoms with Gasteiger partial charge in [-0.2, -0.15) is 0 Å². The van der Waals surface area contributed by atoms with Crippen molar-refractivity contribution < 1.29 is 4.79 Å². The van der Waals surface area contributed by atoms with E-state index in [0.717, 1.165) is 18.0 Å². The van der Waals surface area contributed by atoms with Crippen molar-refractivity contribution >= 4 is 45.2 Å². The fourth-order valence-corrected chi connectivity index (χ4v) is 4.51. The van der Waals surface area contributed by atoms with Gasteiger partial charge in [0.05, 0.1) is 5.75 Å². The lowest BCUT2D eigenvalue weighted by Gasteiger charge is -2.07. The van der Waals surface area contributed by atoms with E-state index in [0.29, 0.717) is 5.75 Å². The number of rotatable bonds is 6. The fourth-order valence-electron chi connectivity index (χ4n) is 3.73. The van der Waals surface area contributed by atoms with Crippen LogP contribution in [0.15, 0.2) is 66.7 Å². The first-order valence-corrected chi connectivity index (χ1v) is 10.8. The first kappa shape index (κ1) is 18.6. The summed E-state index contributed by atoms with van der Waals surface area (Å²) in [6.07, 6.45) is 0. The van der Waals surface area contributed by atoms with Crippen LogP contribution in [0, 0.1) is 6.92 Å². The molecule has 0 aliphatic carbocycles. The molecule has 0 saturated carbocycles. The number of fused-ring (bicyclic) bond motifs is 3. The number of nitrogens with one attached hydrogen (secondary N) is 1. The molecule has 3 aromatic carbocycles. The van der Waals surface area contributed by atoms with Gasteiger partial charge in [0.2, 0.25) is 5.91 Å². The van der Waals surface area contributed by atoms with Gasteiger partial charge in [-0.3, -0.25) is 4.79 Å². The van der Waals surface area contributed by atoms with Crippen LogP contribution in [0.5, 0.6) is 0 Å². The van der Waals surface area contributed by atoms with Crippen molar-refractivity contribution in [1.82, 2.24) is 4.57 Å². The summed E-state index contributed by atoms with van der Waals surface area (Å²) in [6.45, 7) is 5.17. The standard InChI is InChI=1S/C24H24N2OS/c1-3-26-22-10-5-4-9-20(22)21-14-19(11-12-23(21)26)25-24(27)16-28-15-18-8-6-7-17(2)13-18/h4-14H,3,15-16H2,1-2H3,(H,25,27). The quantitative estimate of drug-likeness (QED) is 0.440. The van der Waals surface area contributed by atoms with Gasteiger partial charge in [0.15, 0.2) is 0 Å². The summed E-state index contributed by atoms with van der Waals surface area (Å²) in [5.41, 5.74) is 5.80. The molecule has 0 fully saturated rings. The number of thioether (sulfide) groups is 1. The molecule has 142 valence electrons. The molecule has 1 amide bonds. The van der Waals surface area contributed by atoms with E-state index in [2.05, 4.69) is 84.4 Å². The van der Waals surface area contributed by atoms with Crippen LogP contribution in [-0.2, 0) is 17.1 Å². The Morgan fingerprint density at radius 3 is 2.61 bits per heavy atom. The molecule has 1 heterocycles. The Kier molecular flexibility index (Phi) is 5.40. The fraction of sp³-hybridized carbons (Fsp3) is 0.208. The average Bonchev–Trinajstić information content (AvgIpc) is 3.01. The number of amides is 1. The van der Waals surface area contributed by atoms with Crippen LogP contribution in [0.25, 0.3) is 21.8 Å². The number of aromatic nitrogens is 1. The molecule has 0 bridgehead atoms. The van der Waals surface area contributed by atoms with Crippen LogP contribution in [-0.4, -0.2) is 16.2 Å². The molecule has 1 aromatic heterocycles. The van der Waals surface area contributed by atoms with Gasteiger partial charge in [-0.25, -0.2) is 0 Å². The van der Waals surface area contributed by atoms with E-state index in [1.807, 2.05) is 6.07 Å². The Hall–Kier alpha value is -2.72. The highest BCUT2D eigenvalue weighted by Crippen LogP contribution is 2.31. The van der Waals surface area contributed by atoms with Gasteiger partial charge in [0.25, 0.3) is 0 Å². The van der Waals surface area contributed by atoms with E-state index in [9.17, 15) is 4.79 Å². The SMILES string of the molecule is CCn1c2ccccc2c2cc(NC(=O)CSCc3cccc(C)c3)ccc21. The minimum atomic E-state index is 0.0382. The first-order valence-electron chi connectivity index (χ1n) is 9.60. The van der Waals surface area contributed by atoms with Crippen LogP contribution >= 0.6 is 11.8 Å². The van der Waals surface area contributed by atoms with Crippen molar-refractivity contribution in [2.75, 3.05) is 11.1 Å². The summed E-state index contributed by atoms with van der Waals surface area (Å²) in [7, 11) is 0. The van der Waals surface area contributed by atoms with Crippen molar-refractivity contribution in [3.05, 3.63) is 77.9 Å². The molecule has 3 nitrogen and oxygen atoms in total. The predicted molar refractivity (Wildman–Crippen MR) is 121 cm³/mol. The van der Waals surface area contributed by atoms with Gasteiger partial charge in [-0.1, -0.05) is 48.0 Å². The number of carbonyl (C=O) groups excluding carboxylic acids is 1. The van der Waals surface area contributed by atoms with Crippen LogP contribution in [0.1, 0.15) is 18.1 Å². The molecule has 0 atom stereocenters. The molecule has 4 rings (SSSR count). The van der Waals surface area contributed by atoms with Crippen molar-refractivity contribution in [2.24, 2.45) is 0 Å². The molecular weight excluding hydrogens is 364 g/mol. The number of hydrogen-bond donors (Lipinski definition) is 1. The lowest BCUT2D eigenvalue weighted by Crippen LogP contribution is -2.14. The Labute approximate surface area is 169 Å². The van der Waals surface area contributed by atoms with Gasteiger partial charge in [0, 0.05) is 39.8 Å². The van der Waals surface area contributed by atoms with Crippen LogP contribution in [0.4, 0.5) is 5.69 Å². The van der Waals surface area contributed by atoms with Gasteiger partial charge >= 0.3 is 0 Å². The van der Waals surface area contributed by atoms with E-state index in [4.69, 9.17) is 0 Å². The topological polar surface area (TPSA) is 34.0 Å². The number of hydrogen-bond acceptors (Lipinski definition) is 2. The van der Waals surface area contributed by atoms with Crippen LogP contribution in [0.3, 0.4) is 0 Å². The van der Waals surface area contributed by atoms with Crippen LogP contribution in [0.2, 0.25) is 0 Å². The van der Waals surface area contributed by atoms with Crippen molar-refractivity contribution in [2.45, 2.75) is 26.1 Å².